The molecule has 0 fully saturated rings. The Morgan fingerprint density at radius 2 is 1.95 bits per heavy atom. The lowest BCUT2D eigenvalue weighted by Crippen LogP contribution is -2.24. The van der Waals surface area contributed by atoms with Gasteiger partial charge in [-0.15, -0.1) is 0 Å². The number of imidazole rings is 1. The summed E-state index contributed by atoms with van der Waals surface area (Å²) in [5, 5.41) is 0. The van der Waals surface area contributed by atoms with Crippen molar-refractivity contribution in [3.8, 4) is 11.4 Å². The number of halogens is 1. The van der Waals surface area contributed by atoms with Crippen LogP contribution in [0.4, 0.5) is 4.39 Å². The number of aryl methyl sites for hydroxylation is 1. The van der Waals surface area contributed by atoms with Crippen LogP contribution in [0.1, 0.15) is 37.0 Å². The average molecular weight is 276 g/mol. The Labute approximate surface area is 117 Å². The number of ether oxygens (including phenoxy) is 1. The van der Waals surface area contributed by atoms with E-state index in [1.54, 1.807) is 45.9 Å². The molecule has 0 amide bonds. The molecule has 20 heavy (non-hydrogen) atoms. The lowest BCUT2D eigenvalue weighted by Gasteiger charge is -2.18. The van der Waals surface area contributed by atoms with Crippen molar-refractivity contribution < 1.29 is 13.9 Å². The molecule has 4 nitrogen and oxygen atoms in total. The molecule has 0 atom stereocenters. The second kappa shape index (κ2) is 5.07. The third kappa shape index (κ3) is 3.04. The molecular formula is C15H17FN2O2. The lowest BCUT2D eigenvalue weighted by molar-refractivity contribution is 0.00627. The van der Waals surface area contributed by atoms with E-state index in [9.17, 15) is 9.18 Å². The highest BCUT2D eigenvalue weighted by atomic mass is 19.1. The van der Waals surface area contributed by atoms with Gasteiger partial charge in [-0.1, -0.05) is 12.1 Å². The molecule has 1 N–H and O–H groups in total. The number of H-pyrrole nitrogens is 1. The van der Waals surface area contributed by atoms with E-state index in [4.69, 9.17) is 4.74 Å². The molecule has 2 aromatic rings. The molecule has 1 aromatic heterocycles. The molecule has 0 saturated heterocycles. The van der Waals surface area contributed by atoms with E-state index in [0.717, 1.165) is 0 Å². The van der Waals surface area contributed by atoms with Gasteiger partial charge < -0.3 is 9.72 Å². The third-order valence-electron chi connectivity index (χ3n) is 2.61. The van der Waals surface area contributed by atoms with Crippen LogP contribution in [0.15, 0.2) is 24.3 Å². The summed E-state index contributed by atoms with van der Waals surface area (Å²) in [7, 11) is 0. The van der Waals surface area contributed by atoms with Crippen molar-refractivity contribution in [1.82, 2.24) is 9.97 Å². The van der Waals surface area contributed by atoms with Gasteiger partial charge in [0.15, 0.2) is 5.69 Å². The van der Waals surface area contributed by atoms with Crippen molar-refractivity contribution in [2.75, 3.05) is 0 Å². The standard InChI is InChI=1S/C15H17FN2O2/c1-9-12(14(19)20-15(2,3)4)18-13(17-9)10-7-5-6-8-11(10)16/h5-8H,1-4H3,(H,17,18). The van der Waals surface area contributed by atoms with Crippen molar-refractivity contribution in [3.05, 3.63) is 41.5 Å². The quantitative estimate of drug-likeness (QED) is 0.854. The first-order valence-corrected chi connectivity index (χ1v) is 6.33. The number of rotatable bonds is 2. The maximum atomic E-state index is 13.7. The van der Waals surface area contributed by atoms with Crippen molar-refractivity contribution in [1.29, 1.82) is 0 Å². The molecule has 0 saturated carbocycles. The van der Waals surface area contributed by atoms with Gasteiger partial charge in [-0.25, -0.2) is 14.2 Å². The first-order chi connectivity index (χ1) is 9.28. The van der Waals surface area contributed by atoms with Crippen molar-refractivity contribution in [3.63, 3.8) is 0 Å². The number of carbonyl (C=O) groups excluding carboxylic acids is 1. The van der Waals surface area contributed by atoms with Crippen LogP contribution in [0.25, 0.3) is 11.4 Å². The summed E-state index contributed by atoms with van der Waals surface area (Å²) < 4.78 is 19.0. The van der Waals surface area contributed by atoms with Gasteiger partial charge in [-0.05, 0) is 39.8 Å². The van der Waals surface area contributed by atoms with Crippen LogP contribution in [-0.2, 0) is 4.74 Å². The number of hydrogen-bond acceptors (Lipinski definition) is 3. The minimum atomic E-state index is -0.597. The highest BCUT2D eigenvalue weighted by molar-refractivity contribution is 5.89. The van der Waals surface area contributed by atoms with E-state index in [1.165, 1.54) is 6.07 Å². The predicted octanol–water partition coefficient (Wildman–Crippen LogP) is 3.48. The predicted molar refractivity (Wildman–Crippen MR) is 73.9 cm³/mol. The fourth-order valence-corrected chi connectivity index (χ4v) is 1.77. The smallest absolute Gasteiger partial charge is 0.359 e. The van der Waals surface area contributed by atoms with Gasteiger partial charge in [0.1, 0.15) is 17.2 Å². The number of nitrogens with zero attached hydrogens (tertiary/aromatic N) is 1. The van der Waals surface area contributed by atoms with E-state index in [-0.39, 0.29) is 5.69 Å². The fraction of sp³-hybridized carbons (Fsp3) is 0.333. The largest absolute Gasteiger partial charge is 0.455 e. The zero-order valence-corrected chi connectivity index (χ0v) is 12.0. The van der Waals surface area contributed by atoms with E-state index in [2.05, 4.69) is 9.97 Å². The van der Waals surface area contributed by atoms with E-state index >= 15 is 0 Å². The highest BCUT2D eigenvalue weighted by Crippen LogP contribution is 2.22. The number of nitrogens with one attached hydrogen (secondary N) is 1. The molecule has 2 rings (SSSR count). The fourth-order valence-electron chi connectivity index (χ4n) is 1.77. The van der Waals surface area contributed by atoms with Crippen LogP contribution in [0.2, 0.25) is 0 Å². The summed E-state index contributed by atoms with van der Waals surface area (Å²) in [5.41, 5.74) is 0.460. The number of aromatic nitrogens is 2. The molecule has 0 spiro atoms. The Bertz CT molecular complexity index is 642. The van der Waals surface area contributed by atoms with Crippen molar-refractivity contribution >= 4 is 5.97 Å². The molecule has 106 valence electrons. The van der Waals surface area contributed by atoms with E-state index in [1.807, 2.05) is 0 Å². The molecule has 0 bridgehead atoms. The lowest BCUT2D eigenvalue weighted by atomic mass is 10.2. The first-order valence-electron chi connectivity index (χ1n) is 6.33. The molecule has 0 aliphatic heterocycles. The normalized spacial score (nSPS) is 11.4. The Balaban J connectivity index is 2.36. The molecule has 1 heterocycles. The van der Waals surface area contributed by atoms with Crippen LogP contribution in [-0.4, -0.2) is 21.5 Å². The second-order valence-corrected chi connectivity index (χ2v) is 5.54. The zero-order chi connectivity index (χ0) is 14.9. The summed E-state index contributed by atoms with van der Waals surface area (Å²) in [6.45, 7) is 7.05. The Morgan fingerprint density at radius 3 is 2.55 bits per heavy atom. The van der Waals surface area contributed by atoms with Crippen LogP contribution in [0, 0.1) is 12.7 Å². The topological polar surface area (TPSA) is 55.0 Å². The summed E-state index contributed by atoms with van der Waals surface area (Å²) in [6.07, 6.45) is 0. The van der Waals surface area contributed by atoms with Gasteiger partial charge in [0.05, 0.1) is 5.56 Å². The van der Waals surface area contributed by atoms with Crippen LogP contribution < -0.4 is 0 Å². The summed E-state index contributed by atoms with van der Waals surface area (Å²) in [4.78, 5) is 19.1. The van der Waals surface area contributed by atoms with Gasteiger partial charge >= 0.3 is 5.97 Å². The molecule has 0 aliphatic carbocycles. The van der Waals surface area contributed by atoms with Gasteiger partial charge in [-0.3, -0.25) is 0 Å². The van der Waals surface area contributed by atoms with E-state index in [0.29, 0.717) is 17.1 Å². The van der Waals surface area contributed by atoms with Gasteiger partial charge in [0.2, 0.25) is 0 Å². The number of hydrogen-bond donors (Lipinski definition) is 1. The molecule has 0 aliphatic rings. The number of esters is 1. The maximum Gasteiger partial charge on any atom is 0.359 e. The zero-order valence-electron chi connectivity index (χ0n) is 12.0. The number of benzene rings is 1. The summed E-state index contributed by atoms with van der Waals surface area (Å²) in [6, 6.07) is 6.26. The monoisotopic (exact) mass is 276 g/mol. The van der Waals surface area contributed by atoms with Gasteiger partial charge in [0, 0.05) is 5.69 Å². The van der Waals surface area contributed by atoms with Crippen molar-refractivity contribution in [2.45, 2.75) is 33.3 Å². The minimum absolute atomic E-state index is 0.179. The highest BCUT2D eigenvalue weighted by Gasteiger charge is 2.23. The SMILES string of the molecule is Cc1[nH]c(-c2ccccc2F)nc1C(=O)OC(C)(C)C. The van der Waals surface area contributed by atoms with E-state index < -0.39 is 17.4 Å². The molecule has 5 heteroatoms. The average Bonchev–Trinajstić information content (AvgIpc) is 2.69. The number of aromatic amines is 1. The first kappa shape index (κ1) is 14.2. The van der Waals surface area contributed by atoms with Crippen molar-refractivity contribution in [2.24, 2.45) is 0 Å². The molecular weight excluding hydrogens is 259 g/mol. The van der Waals surface area contributed by atoms with Gasteiger partial charge in [-0.2, -0.15) is 0 Å². The molecule has 0 radical (unpaired) electrons. The number of carbonyl (C=O) groups is 1. The Kier molecular flexibility index (Phi) is 3.61. The van der Waals surface area contributed by atoms with Crippen LogP contribution >= 0.6 is 0 Å². The molecule has 1 aromatic carbocycles. The Morgan fingerprint density at radius 1 is 1.30 bits per heavy atom. The van der Waals surface area contributed by atoms with Crippen LogP contribution in [0.5, 0.6) is 0 Å². The summed E-state index contributed by atoms with van der Waals surface area (Å²) >= 11 is 0. The van der Waals surface area contributed by atoms with Gasteiger partial charge in [0.25, 0.3) is 0 Å². The Hall–Kier alpha value is -2.17. The second-order valence-electron chi connectivity index (χ2n) is 5.54. The summed E-state index contributed by atoms with van der Waals surface area (Å²) in [5.74, 6) is -0.590. The minimum Gasteiger partial charge on any atom is -0.455 e. The third-order valence-corrected chi connectivity index (χ3v) is 2.61. The molecule has 0 unspecified atom stereocenters. The van der Waals surface area contributed by atoms with Crippen LogP contribution in [0.3, 0.4) is 0 Å². The maximum absolute atomic E-state index is 13.7.